The van der Waals surface area contributed by atoms with Crippen LogP contribution in [0.4, 0.5) is 4.79 Å². The number of carbonyl (C=O) groups is 4. The van der Waals surface area contributed by atoms with E-state index in [0.29, 0.717) is 17.5 Å². The van der Waals surface area contributed by atoms with Crippen LogP contribution in [-0.4, -0.2) is 63.7 Å². The Morgan fingerprint density at radius 2 is 1.29 bits per heavy atom. The summed E-state index contributed by atoms with van der Waals surface area (Å²) in [5, 5.41) is 15.6. The molecule has 0 heterocycles. The first kappa shape index (κ1) is 40.6. The van der Waals surface area contributed by atoms with Gasteiger partial charge in [0.05, 0.1) is 0 Å². The average molecular weight is 702 g/mol. The zero-order valence-electron chi connectivity index (χ0n) is 31.3. The molecule has 51 heavy (non-hydrogen) atoms. The third-order valence-corrected chi connectivity index (χ3v) is 7.98. The molecule has 3 aromatic rings. The van der Waals surface area contributed by atoms with Gasteiger partial charge < -0.3 is 30.1 Å². The summed E-state index contributed by atoms with van der Waals surface area (Å²) in [6, 6.07) is 19.7. The van der Waals surface area contributed by atoms with Gasteiger partial charge in [0, 0.05) is 19.4 Å². The Labute approximate surface area is 302 Å². The smallest absolute Gasteiger partial charge is 0.408 e. The molecule has 3 amide bonds. The minimum absolute atomic E-state index is 0.0641. The molecule has 0 fully saturated rings. The second-order valence-electron chi connectivity index (χ2n) is 14.9. The quantitative estimate of drug-likeness (QED) is 0.115. The fourth-order valence-electron chi connectivity index (χ4n) is 5.63. The number of carbonyl (C=O) groups excluding carboxylic acids is 4. The Balaban J connectivity index is 2.13. The van der Waals surface area contributed by atoms with Crippen molar-refractivity contribution in [2.45, 2.75) is 117 Å². The number of hydrogen-bond acceptors (Lipinski definition) is 7. The van der Waals surface area contributed by atoms with E-state index >= 15 is 0 Å². The van der Waals surface area contributed by atoms with Gasteiger partial charge in [0.15, 0.2) is 0 Å². The predicted molar refractivity (Wildman–Crippen MR) is 198 cm³/mol. The molecule has 0 saturated carbocycles. The van der Waals surface area contributed by atoms with Gasteiger partial charge in [-0.3, -0.25) is 9.59 Å². The van der Waals surface area contributed by atoms with E-state index < -0.39 is 53.2 Å². The van der Waals surface area contributed by atoms with Gasteiger partial charge in [-0.05, 0) is 89.3 Å². The maximum Gasteiger partial charge on any atom is 0.408 e. The van der Waals surface area contributed by atoms with Crippen LogP contribution in [0.3, 0.4) is 0 Å². The van der Waals surface area contributed by atoms with Crippen molar-refractivity contribution in [1.29, 1.82) is 0 Å². The Kier molecular flexibility index (Phi) is 14.6. The first-order valence-electron chi connectivity index (χ1n) is 17.7. The highest BCUT2D eigenvalue weighted by molar-refractivity contribution is 5.94. The van der Waals surface area contributed by atoms with E-state index in [-0.39, 0.29) is 25.1 Å². The van der Waals surface area contributed by atoms with Gasteiger partial charge >= 0.3 is 12.1 Å². The largest absolute Gasteiger partial charge is 0.508 e. The number of amides is 3. The molecule has 3 rings (SSSR count). The minimum atomic E-state index is -1.15. The van der Waals surface area contributed by atoms with E-state index in [0.717, 1.165) is 24.0 Å². The molecule has 0 aliphatic heterocycles. The summed E-state index contributed by atoms with van der Waals surface area (Å²) in [5.74, 6) is -1.58. The van der Waals surface area contributed by atoms with Crippen LogP contribution in [0.5, 0.6) is 5.75 Å². The molecule has 3 N–H and O–H groups in total. The van der Waals surface area contributed by atoms with Gasteiger partial charge in [0.2, 0.25) is 11.8 Å². The topological polar surface area (TPSA) is 134 Å². The number of alkyl carbamates (subject to hydrolysis) is 1. The maximum absolute atomic E-state index is 14.9. The second kappa shape index (κ2) is 18.4. The van der Waals surface area contributed by atoms with E-state index in [2.05, 4.69) is 10.6 Å². The number of ether oxygens (including phenoxy) is 2. The number of unbranched alkanes of at least 4 members (excludes halogenated alkanes) is 2. The van der Waals surface area contributed by atoms with Crippen LogP contribution >= 0.6 is 0 Å². The molecular formula is C41H55N3O7. The fourth-order valence-corrected chi connectivity index (χ4v) is 5.63. The van der Waals surface area contributed by atoms with E-state index in [9.17, 15) is 24.3 Å². The summed E-state index contributed by atoms with van der Waals surface area (Å²) in [7, 11) is 0. The number of phenols is 1. The number of benzene rings is 3. The van der Waals surface area contributed by atoms with Crippen molar-refractivity contribution in [3.8, 4) is 5.75 Å². The van der Waals surface area contributed by atoms with Gasteiger partial charge in [-0.15, -0.1) is 0 Å². The monoisotopic (exact) mass is 701 g/mol. The van der Waals surface area contributed by atoms with Crippen LogP contribution in [0.1, 0.15) is 96.0 Å². The van der Waals surface area contributed by atoms with Gasteiger partial charge in [0.25, 0.3) is 0 Å². The Morgan fingerprint density at radius 3 is 1.88 bits per heavy atom. The van der Waals surface area contributed by atoms with E-state index in [1.54, 1.807) is 65.8 Å². The SMILES string of the molecule is CCCCCN(C(=O)C(Cc1ccc(O)cc1)NC(=O)OC(C)(C)C)C(C(=O)NC(Cc1ccccc1)C(=O)OC(C)(C)C)c1ccccc1C. The van der Waals surface area contributed by atoms with Gasteiger partial charge in [0.1, 0.15) is 35.1 Å². The highest BCUT2D eigenvalue weighted by Crippen LogP contribution is 2.28. The molecule has 0 spiro atoms. The molecule has 10 heteroatoms. The maximum atomic E-state index is 14.9. The highest BCUT2D eigenvalue weighted by Gasteiger charge is 2.39. The third-order valence-electron chi connectivity index (χ3n) is 7.98. The molecule has 3 aromatic carbocycles. The number of phenolic OH excluding ortho intramolecular Hbond substituents is 1. The molecule has 0 aromatic heterocycles. The van der Waals surface area contributed by atoms with Crippen molar-refractivity contribution in [2.24, 2.45) is 0 Å². The lowest BCUT2D eigenvalue weighted by atomic mass is 9.96. The predicted octanol–water partition coefficient (Wildman–Crippen LogP) is 6.97. The number of hydrogen-bond donors (Lipinski definition) is 3. The minimum Gasteiger partial charge on any atom is -0.508 e. The van der Waals surface area contributed by atoms with E-state index in [4.69, 9.17) is 9.47 Å². The van der Waals surface area contributed by atoms with Crippen molar-refractivity contribution < 1.29 is 33.8 Å². The van der Waals surface area contributed by atoms with Gasteiger partial charge in [-0.1, -0.05) is 86.5 Å². The molecular weight excluding hydrogens is 646 g/mol. The Bertz CT molecular complexity index is 1590. The summed E-state index contributed by atoms with van der Waals surface area (Å²) in [6.07, 6.45) is 1.72. The molecule has 276 valence electrons. The third kappa shape index (κ3) is 13.4. The number of nitrogens with one attached hydrogen (secondary N) is 2. The zero-order valence-corrected chi connectivity index (χ0v) is 31.3. The van der Waals surface area contributed by atoms with Crippen LogP contribution in [-0.2, 0) is 36.7 Å². The van der Waals surface area contributed by atoms with E-state index in [1.807, 2.05) is 56.3 Å². The van der Waals surface area contributed by atoms with Crippen LogP contribution in [0, 0.1) is 6.92 Å². The number of nitrogens with zero attached hydrogens (tertiary/aromatic N) is 1. The Morgan fingerprint density at radius 1 is 0.725 bits per heavy atom. The molecule has 3 atom stereocenters. The van der Waals surface area contributed by atoms with Crippen molar-refractivity contribution in [3.05, 3.63) is 101 Å². The summed E-state index contributed by atoms with van der Waals surface area (Å²) in [4.78, 5) is 57.9. The molecule has 0 saturated heterocycles. The number of aryl methyl sites for hydroxylation is 1. The van der Waals surface area contributed by atoms with Crippen molar-refractivity contribution in [3.63, 3.8) is 0 Å². The lowest BCUT2D eigenvalue weighted by Crippen LogP contribution is -2.55. The number of aromatic hydroxyl groups is 1. The first-order chi connectivity index (χ1) is 24.0. The van der Waals surface area contributed by atoms with Crippen LogP contribution in [0.15, 0.2) is 78.9 Å². The Hall–Kier alpha value is -4.86. The fraction of sp³-hybridized carbons (Fsp3) is 0.463. The van der Waals surface area contributed by atoms with E-state index in [1.165, 1.54) is 17.0 Å². The van der Waals surface area contributed by atoms with Crippen molar-refractivity contribution in [1.82, 2.24) is 15.5 Å². The molecule has 0 aliphatic carbocycles. The van der Waals surface area contributed by atoms with Crippen LogP contribution in [0.2, 0.25) is 0 Å². The summed E-state index contributed by atoms with van der Waals surface area (Å²) >= 11 is 0. The molecule has 0 bridgehead atoms. The zero-order chi connectivity index (χ0) is 37.8. The molecule has 10 nitrogen and oxygen atoms in total. The lowest BCUT2D eigenvalue weighted by Gasteiger charge is -2.36. The normalized spacial score (nSPS) is 13.3. The second-order valence-corrected chi connectivity index (χ2v) is 14.9. The van der Waals surface area contributed by atoms with Crippen LogP contribution < -0.4 is 10.6 Å². The average Bonchev–Trinajstić information content (AvgIpc) is 3.04. The van der Waals surface area contributed by atoms with Gasteiger partial charge in [-0.2, -0.15) is 0 Å². The summed E-state index contributed by atoms with van der Waals surface area (Å²) in [5.41, 5.74) is 1.24. The van der Waals surface area contributed by atoms with Gasteiger partial charge in [-0.25, -0.2) is 9.59 Å². The lowest BCUT2D eigenvalue weighted by molar-refractivity contribution is -0.159. The van der Waals surface area contributed by atoms with Crippen molar-refractivity contribution in [2.75, 3.05) is 6.54 Å². The number of esters is 1. The number of rotatable bonds is 15. The summed E-state index contributed by atoms with van der Waals surface area (Å²) < 4.78 is 11.3. The highest BCUT2D eigenvalue weighted by atomic mass is 16.6. The molecule has 0 radical (unpaired) electrons. The summed E-state index contributed by atoms with van der Waals surface area (Å²) in [6.45, 7) is 14.6. The van der Waals surface area contributed by atoms with Crippen LogP contribution in [0.25, 0.3) is 0 Å². The van der Waals surface area contributed by atoms with Crippen molar-refractivity contribution >= 4 is 23.9 Å². The standard InChI is InChI=1S/C41H55N3O7/c1-9-10-16-25-44(37(47)33(43-39(49)51-41(6,7)8)26-30-21-23-31(45)24-22-30)35(32-20-15-14-17-28(32)2)36(46)42-34(38(48)50-40(3,4)5)27-29-18-12-11-13-19-29/h11-15,17-24,33-35,45H,9-10,16,25-27H2,1-8H3,(H,42,46)(H,43,49). The first-order valence-corrected chi connectivity index (χ1v) is 17.7. The molecule has 3 unspecified atom stereocenters. The molecule has 0 aliphatic rings.